The highest BCUT2D eigenvalue weighted by Crippen LogP contribution is 2.24. The molecular formula is C24H26N4O3. The van der Waals surface area contributed by atoms with Gasteiger partial charge in [0.1, 0.15) is 11.3 Å². The standard InChI is InChI=1S/C24H26N4O3/c1-2-19-10-6-7-14-27(19)22(29)17-31-24(30)21-16-28(20-11-4-3-5-12-20)26-23(21)18-9-8-13-25-15-18/h3-5,8-9,11-13,15-16,19H,2,6-7,10,14,17H2,1H3. The Labute approximate surface area is 181 Å². The van der Waals surface area contributed by atoms with Crippen molar-refractivity contribution in [1.82, 2.24) is 19.7 Å². The molecule has 160 valence electrons. The molecule has 3 heterocycles. The maximum atomic E-state index is 13.0. The largest absolute Gasteiger partial charge is 0.452 e. The molecular weight excluding hydrogens is 392 g/mol. The van der Waals surface area contributed by atoms with Crippen molar-refractivity contribution in [3.63, 3.8) is 0 Å². The molecule has 7 heteroatoms. The van der Waals surface area contributed by atoms with Gasteiger partial charge in [-0.25, -0.2) is 9.48 Å². The smallest absolute Gasteiger partial charge is 0.342 e. The van der Waals surface area contributed by atoms with Gasteiger partial charge in [-0.15, -0.1) is 0 Å². The van der Waals surface area contributed by atoms with Crippen LogP contribution in [0.5, 0.6) is 0 Å². The number of carbonyl (C=O) groups excluding carboxylic acids is 2. The summed E-state index contributed by atoms with van der Waals surface area (Å²) in [6.07, 6.45) is 9.00. The van der Waals surface area contributed by atoms with E-state index in [2.05, 4.69) is 17.0 Å². The molecule has 31 heavy (non-hydrogen) atoms. The molecule has 7 nitrogen and oxygen atoms in total. The number of likely N-dealkylation sites (tertiary alicyclic amines) is 1. The molecule has 0 spiro atoms. The average Bonchev–Trinajstić information content (AvgIpc) is 3.29. The fraction of sp³-hybridized carbons (Fsp3) is 0.333. The molecule has 0 radical (unpaired) electrons. The zero-order valence-electron chi connectivity index (χ0n) is 17.6. The second-order valence-corrected chi connectivity index (χ2v) is 7.63. The minimum atomic E-state index is -0.570. The molecule has 1 amide bonds. The van der Waals surface area contributed by atoms with Crippen molar-refractivity contribution in [3.05, 3.63) is 66.6 Å². The fourth-order valence-corrected chi connectivity index (χ4v) is 3.99. The number of para-hydroxylation sites is 1. The first-order valence-electron chi connectivity index (χ1n) is 10.7. The Morgan fingerprint density at radius 3 is 2.71 bits per heavy atom. The predicted octanol–water partition coefficient (Wildman–Crippen LogP) is 3.88. The van der Waals surface area contributed by atoms with E-state index in [1.54, 1.807) is 29.3 Å². The lowest BCUT2D eigenvalue weighted by atomic mass is 10.00. The van der Waals surface area contributed by atoms with E-state index in [9.17, 15) is 9.59 Å². The number of amides is 1. The zero-order valence-corrected chi connectivity index (χ0v) is 17.6. The average molecular weight is 418 g/mol. The molecule has 3 aromatic rings. The van der Waals surface area contributed by atoms with Crippen LogP contribution in [0, 0.1) is 0 Å². The van der Waals surface area contributed by atoms with Crippen molar-refractivity contribution in [2.45, 2.75) is 38.6 Å². The molecule has 1 atom stereocenters. The first-order valence-corrected chi connectivity index (χ1v) is 10.7. The number of hydrogen-bond acceptors (Lipinski definition) is 5. The quantitative estimate of drug-likeness (QED) is 0.568. The summed E-state index contributed by atoms with van der Waals surface area (Å²) in [6.45, 7) is 2.54. The third-order valence-corrected chi connectivity index (χ3v) is 5.64. The number of pyridine rings is 1. The topological polar surface area (TPSA) is 77.3 Å². The normalized spacial score (nSPS) is 16.2. The molecule has 0 saturated carbocycles. The molecule has 1 aliphatic rings. The van der Waals surface area contributed by atoms with Crippen LogP contribution in [0.3, 0.4) is 0 Å². The second-order valence-electron chi connectivity index (χ2n) is 7.63. The Kier molecular flexibility index (Phi) is 6.40. The predicted molar refractivity (Wildman–Crippen MR) is 117 cm³/mol. The lowest BCUT2D eigenvalue weighted by molar-refractivity contribution is -0.138. The first-order chi connectivity index (χ1) is 15.2. The summed E-state index contributed by atoms with van der Waals surface area (Å²) < 4.78 is 7.08. The van der Waals surface area contributed by atoms with Crippen LogP contribution in [-0.4, -0.2) is 50.7 Å². The number of aromatic nitrogens is 3. The van der Waals surface area contributed by atoms with Gasteiger partial charge in [-0.3, -0.25) is 9.78 Å². The monoisotopic (exact) mass is 418 g/mol. The number of hydrogen-bond donors (Lipinski definition) is 0. The van der Waals surface area contributed by atoms with Crippen LogP contribution < -0.4 is 0 Å². The first kappa shape index (κ1) is 20.8. The summed E-state index contributed by atoms with van der Waals surface area (Å²) in [6, 6.07) is 13.4. The lowest BCUT2D eigenvalue weighted by Crippen LogP contribution is -2.45. The Morgan fingerprint density at radius 1 is 1.13 bits per heavy atom. The zero-order chi connectivity index (χ0) is 21.6. The highest BCUT2D eigenvalue weighted by Gasteiger charge is 2.27. The summed E-state index contributed by atoms with van der Waals surface area (Å²) in [5.74, 6) is -0.710. The SMILES string of the molecule is CCC1CCCCN1C(=O)COC(=O)c1cn(-c2ccccc2)nc1-c1cccnc1. The van der Waals surface area contributed by atoms with E-state index >= 15 is 0 Å². The van der Waals surface area contributed by atoms with Gasteiger partial charge in [0.05, 0.1) is 5.69 Å². The van der Waals surface area contributed by atoms with Crippen molar-refractivity contribution in [1.29, 1.82) is 0 Å². The van der Waals surface area contributed by atoms with Gasteiger partial charge in [-0.2, -0.15) is 5.10 Å². The maximum absolute atomic E-state index is 13.0. The summed E-state index contributed by atoms with van der Waals surface area (Å²) in [5.41, 5.74) is 2.30. The molecule has 1 unspecified atom stereocenters. The molecule has 4 rings (SSSR count). The summed E-state index contributed by atoms with van der Waals surface area (Å²) in [5, 5.41) is 4.59. The van der Waals surface area contributed by atoms with Crippen molar-refractivity contribution < 1.29 is 14.3 Å². The maximum Gasteiger partial charge on any atom is 0.342 e. The molecule has 1 saturated heterocycles. The highest BCUT2D eigenvalue weighted by molar-refractivity contribution is 5.97. The van der Waals surface area contributed by atoms with E-state index in [-0.39, 0.29) is 18.6 Å². The van der Waals surface area contributed by atoms with Crippen molar-refractivity contribution in [2.75, 3.05) is 13.2 Å². The highest BCUT2D eigenvalue weighted by atomic mass is 16.5. The molecule has 2 aromatic heterocycles. The number of carbonyl (C=O) groups is 2. The molecule has 1 aliphatic heterocycles. The number of benzene rings is 1. The van der Waals surface area contributed by atoms with E-state index in [1.165, 1.54) is 0 Å². The number of piperidine rings is 1. The minimum absolute atomic E-state index is 0.140. The number of nitrogens with zero attached hydrogens (tertiary/aromatic N) is 4. The van der Waals surface area contributed by atoms with Gasteiger partial charge in [-0.05, 0) is 49.9 Å². The lowest BCUT2D eigenvalue weighted by Gasteiger charge is -2.35. The van der Waals surface area contributed by atoms with E-state index in [1.807, 2.05) is 41.3 Å². The van der Waals surface area contributed by atoms with Crippen molar-refractivity contribution in [2.24, 2.45) is 0 Å². The molecule has 0 N–H and O–H groups in total. The Bertz CT molecular complexity index is 1030. The Balaban J connectivity index is 1.55. The van der Waals surface area contributed by atoms with Crippen LogP contribution in [0.15, 0.2) is 61.1 Å². The van der Waals surface area contributed by atoms with Gasteiger partial charge >= 0.3 is 5.97 Å². The van der Waals surface area contributed by atoms with Gasteiger partial charge in [0, 0.05) is 36.7 Å². The summed E-state index contributed by atoms with van der Waals surface area (Å²) in [7, 11) is 0. The van der Waals surface area contributed by atoms with E-state index in [4.69, 9.17) is 4.74 Å². The summed E-state index contributed by atoms with van der Waals surface area (Å²) in [4.78, 5) is 31.6. The third kappa shape index (κ3) is 4.66. The second kappa shape index (κ2) is 9.55. The molecule has 1 fully saturated rings. The summed E-state index contributed by atoms with van der Waals surface area (Å²) >= 11 is 0. The van der Waals surface area contributed by atoms with Crippen LogP contribution in [-0.2, 0) is 9.53 Å². The van der Waals surface area contributed by atoms with Crippen LogP contribution in [0.2, 0.25) is 0 Å². The van der Waals surface area contributed by atoms with Crippen LogP contribution in [0.1, 0.15) is 43.0 Å². The Morgan fingerprint density at radius 2 is 1.97 bits per heavy atom. The number of ether oxygens (including phenoxy) is 1. The van der Waals surface area contributed by atoms with E-state index in [0.717, 1.165) is 37.9 Å². The van der Waals surface area contributed by atoms with Crippen molar-refractivity contribution >= 4 is 11.9 Å². The van der Waals surface area contributed by atoms with Crippen LogP contribution in [0.25, 0.3) is 16.9 Å². The fourth-order valence-electron chi connectivity index (χ4n) is 3.99. The van der Waals surface area contributed by atoms with Crippen molar-refractivity contribution in [3.8, 4) is 16.9 Å². The third-order valence-electron chi connectivity index (χ3n) is 5.64. The van der Waals surface area contributed by atoms with E-state index < -0.39 is 5.97 Å². The number of esters is 1. The van der Waals surface area contributed by atoms with Gasteiger partial charge in [0.15, 0.2) is 6.61 Å². The van der Waals surface area contributed by atoms with E-state index in [0.29, 0.717) is 16.8 Å². The van der Waals surface area contributed by atoms with Gasteiger partial charge in [-0.1, -0.05) is 25.1 Å². The number of rotatable bonds is 6. The van der Waals surface area contributed by atoms with Crippen LogP contribution >= 0.6 is 0 Å². The molecule has 0 aliphatic carbocycles. The Hall–Kier alpha value is -3.48. The molecule has 1 aromatic carbocycles. The molecule has 0 bridgehead atoms. The van der Waals surface area contributed by atoms with Gasteiger partial charge in [0.2, 0.25) is 0 Å². The van der Waals surface area contributed by atoms with Crippen LogP contribution in [0.4, 0.5) is 0 Å². The van der Waals surface area contributed by atoms with Gasteiger partial charge < -0.3 is 9.64 Å². The minimum Gasteiger partial charge on any atom is -0.452 e. The van der Waals surface area contributed by atoms with Gasteiger partial charge in [0.25, 0.3) is 5.91 Å².